The van der Waals surface area contributed by atoms with Gasteiger partial charge >= 0.3 is 16.1 Å². The number of rotatable bonds is 6. The lowest BCUT2D eigenvalue weighted by Gasteiger charge is -2.27. The molecule has 1 aromatic rings. The zero-order valence-electron chi connectivity index (χ0n) is 14.4. The molecule has 1 aromatic carbocycles. The third-order valence-corrected chi connectivity index (χ3v) is 4.09. The fourth-order valence-electron chi connectivity index (χ4n) is 2.54. The number of carbonyl (C=O) groups is 1. The lowest BCUT2D eigenvalue weighted by Crippen LogP contribution is -2.18. The van der Waals surface area contributed by atoms with Crippen LogP contribution < -0.4 is 8.92 Å². The molecule has 0 saturated heterocycles. The van der Waals surface area contributed by atoms with E-state index in [1.165, 1.54) is 14.0 Å². The van der Waals surface area contributed by atoms with E-state index in [0.717, 1.165) is 11.8 Å². The van der Waals surface area contributed by atoms with Crippen LogP contribution in [0.4, 0.5) is 0 Å². The highest BCUT2D eigenvalue weighted by molar-refractivity contribution is 7.86. The van der Waals surface area contributed by atoms with E-state index >= 15 is 0 Å². The third-order valence-electron chi connectivity index (χ3n) is 3.62. The Hall–Kier alpha value is -2.54. The van der Waals surface area contributed by atoms with Gasteiger partial charge in [0.05, 0.1) is 13.4 Å². The molecule has 134 valence electrons. The van der Waals surface area contributed by atoms with Crippen molar-refractivity contribution in [2.75, 3.05) is 13.4 Å². The van der Waals surface area contributed by atoms with Crippen molar-refractivity contribution < 1.29 is 26.9 Å². The number of esters is 1. The number of benzene rings is 1. The molecular formula is C18H20O6S. The van der Waals surface area contributed by atoms with Gasteiger partial charge in [-0.25, -0.2) is 4.79 Å². The maximum Gasteiger partial charge on any atom is 0.333 e. The van der Waals surface area contributed by atoms with Crippen LogP contribution in [0, 0.1) is 0 Å². The van der Waals surface area contributed by atoms with Crippen LogP contribution in [0.1, 0.15) is 30.6 Å². The van der Waals surface area contributed by atoms with Gasteiger partial charge in [-0.2, -0.15) is 8.42 Å². The first-order valence-corrected chi connectivity index (χ1v) is 9.29. The molecule has 1 aliphatic rings. The summed E-state index contributed by atoms with van der Waals surface area (Å²) < 4.78 is 39.3. The van der Waals surface area contributed by atoms with Gasteiger partial charge in [-0.05, 0) is 24.1 Å². The molecule has 1 aliphatic carbocycles. The summed E-state index contributed by atoms with van der Waals surface area (Å²) in [6.07, 6.45) is 4.07. The van der Waals surface area contributed by atoms with Gasteiger partial charge in [-0.3, -0.25) is 0 Å². The smallest absolute Gasteiger partial charge is 0.333 e. The predicted molar refractivity (Wildman–Crippen MR) is 94.9 cm³/mol. The second-order valence-corrected chi connectivity index (χ2v) is 7.19. The summed E-state index contributed by atoms with van der Waals surface area (Å²) in [7, 11) is -2.42. The molecule has 0 unspecified atom stereocenters. The van der Waals surface area contributed by atoms with Crippen molar-refractivity contribution in [1.82, 2.24) is 0 Å². The first-order valence-electron chi connectivity index (χ1n) is 7.47. The number of allylic oxidation sites excluding steroid dienone is 2. The van der Waals surface area contributed by atoms with E-state index in [0.29, 0.717) is 17.5 Å². The summed E-state index contributed by atoms with van der Waals surface area (Å²) in [5.41, 5.74) is 2.13. The molecule has 0 aliphatic heterocycles. The highest BCUT2D eigenvalue weighted by Crippen LogP contribution is 2.46. The molecule has 0 saturated carbocycles. The predicted octanol–water partition coefficient (Wildman–Crippen LogP) is 3.17. The SMILES string of the molecule is C=CC1=CC[C@@H](OC(=O)C(=C)C)c2c1ccc(OC)c2OS(C)(=O)=O. The topological polar surface area (TPSA) is 78.9 Å². The Kier molecular flexibility index (Phi) is 5.37. The Bertz CT molecular complexity index is 864. The van der Waals surface area contributed by atoms with E-state index in [-0.39, 0.29) is 17.1 Å². The zero-order chi connectivity index (χ0) is 18.8. The van der Waals surface area contributed by atoms with Crippen LogP contribution in [-0.4, -0.2) is 27.8 Å². The monoisotopic (exact) mass is 364 g/mol. The zero-order valence-corrected chi connectivity index (χ0v) is 15.2. The summed E-state index contributed by atoms with van der Waals surface area (Å²) in [6.45, 7) is 8.87. The van der Waals surface area contributed by atoms with Crippen molar-refractivity contribution >= 4 is 21.7 Å². The second kappa shape index (κ2) is 7.14. The number of hydrogen-bond acceptors (Lipinski definition) is 6. The van der Waals surface area contributed by atoms with Crippen LogP contribution >= 0.6 is 0 Å². The normalized spacial score (nSPS) is 16.3. The van der Waals surface area contributed by atoms with E-state index in [2.05, 4.69) is 13.2 Å². The van der Waals surface area contributed by atoms with Crippen molar-refractivity contribution in [3.8, 4) is 11.5 Å². The van der Waals surface area contributed by atoms with E-state index in [4.69, 9.17) is 13.7 Å². The molecule has 0 N–H and O–H groups in total. The lowest BCUT2D eigenvalue weighted by atomic mass is 9.87. The van der Waals surface area contributed by atoms with Crippen LogP contribution in [0.5, 0.6) is 11.5 Å². The molecule has 0 bridgehead atoms. The van der Waals surface area contributed by atoms with Crippen molar-refractivity contribution in [1.29, 1.82) is 0 Å². The van der Waals surface area contributed by atoms with Gasteiger partial charge < -0.3 is 13.7 Å². The van der Waals surface area contributed by atoms with Gasteiger partial charge in [0.1, 0.15) is 6.10 Å². The van der Waals surface area contributed by atoms with Crippen LogP contribution in [0.3, 0.4) is 0 Å². The Morgan fingerprint density at radius 2 is 2.04 bits per heavy atom. The maximum atomic E-state index is 12.0. The first-order chi connectivity index (χ1) is 11.7. The van der Waals surface area contributed by atoms with Crippen LogP contribution in [-0.2, 0) is 19.6 Å². The lowest BCUT2D eigenvalue weighted by molar-refractivity contribution is -0.144. The number of hydrogen-bond donors (Lipinski definition) is 0. The number of carbonyl (C=O) groups excluding carboxylic acids is 1. The fourth-order valence-corrected chi connectivity index (χ4v) is 3.02. The minimum absolute atomic E-state index is 0.00876. The van der Waals surface area contributed by atoms with Crippen molar-refractivity contribution in [3.05, 3.63) is 54.1 Å². The Morgan fingerprint density at radius 3 is 2.56 bits per heavy atom. The average molecular weight is 364 g/mol. The fraction of sp³-hybridized carbons (Fsp3) is 0.278. The molecule has 25 heavy (non-hydrogen) atoms. The van der Waals surface area contributed by atoms with Crippen LogP contribution in [0.25, 0.3) is 5.57 Å². The molecule has 0 heterocycles. The van der Waals surface area contributed by atoms with Gasteiger partial charge in [-0.15, -0.1) is 0 Å². The van der Waals surface area contributed by atoms with Crippen molar-refractivity contribution in [3.63, 3.8) is 0 Å². The van der Waals surface area contributed by atoms with Crippen molar-refractivity contribution in [2.24, 2.45) is 0 Å². The Morgan fingerprint density at radius 1 is 1.36 bits per heavy atom. The highest BCUT2D eigenvalue weighted by atomic mass is 32.2. The Labute approximate surface area is 147 Å². The summed E-state index contributed by atoms with van der Waals surface area (Å²) in [4.78, 5) is 12.0. The third kappa shape index (κ3) is 4.11. The molecule has 7 heteroatoms. The molecule has 0 aromatic heterocycles. The molecule has 0 amide bonds. The highest BCUT2D eigenvalue weighted by Gasteiger charge is 2.31. The molecule has 6 nitrogen and oxygen atoms in total. The molecule has 1 atom stereocenters. The number of fused-ring (bicyclic) bond motifs is 1. The number of ether oxygens (including phenoxy) is 2. The molecule has 2 rings (SSSR count). The second-order valence-electron chi connectivity index (χ2n) is 5.62. The Balaban J connectivity index is 2.67. The van der Waals surface area contributed by atoms with Crippen LogP contribution in [0.15, 0.2) is 43.0 Å². The van der Waals surface area contributed by atoms with Gasteiger partial charge in [0.2, 0.25) is 0 Å². The standard InChI is InChI=1S/C18H20O6S/c1-6-12-7-9-14(23-18(19)11(2)3)16-13(12)8-10-15(22-4)17(16)24-25(5,20)21/h6-8,10,14H,1-2,9H2,3-5H3/t14-/m1/s1. The van der Waals surface area contributed by atoms with Crippen LogP contribution in [0.2, 0.25) is 0 Å². The van der Waals surface area contributed by atoms with Gasteiger partial charge in [0.15, 0.2) is 11.5 Å². The maximum absolute atomic E-state index is 12.0. The average Bonchev–Trinajstić information content (AvgIpc) is 2.53. The minimum atomic E-state index is -3.82. The van der Waals surface area contributed by atoms with Gasteiger partial charge in [0.25, 0.3) is 0 Å². The first kappa shape index (κ1) is 18.8. The largest absolute Gasteiger partial charge is 0.493 e. The van der Waals surface area contributed by atoms with Gasteiger partial charge in [0, 0.05) is 17.6 Å². The molecule has 0 fully saturated rings. The molecule has 0 radical (unpaired) electrons. The summed E-state index contributed by atoms with van der Waals surface area (Å²) >= 11 is 0. The van der Waals surface area contributed by atoms with Gasteiger partial charge in [-0.1, -0.05) is 31.4 Å². The molecule has 0 spiro atoms. The molecular weight excluding hydrogens is 344 g/mol. The summed E-state index contributed by atoms with van der Waals surface area (Å²) in [5.74, 6) is -0.333. The van der Waals surface area contributed by atoms with E-state index in [1.807, 2.05) is 6.08 Å². The minimum Gasteiger partial charge on any atom is -0.493 e. The summed E-state index contributed by atoms with van der Waals surface area (Å²) in [5, 5.41) is 0. The van der Waals surface area contributed by atoms with E-state index < -0.39 is 22.2 Å². The van der Waals surface area contributed by atoms with E-state index in [1.54, 1.807) is 18.2 Å². The number of methoxy groups -OCH3 is 1. The van der Waals surface area contributed by atoms with Crippen molar-refractivity contribution in [2.45, 2.75) is 19.4 Å². The van der Waals surface area contributed by atoms with E-state index in [9.17, 15) is 13.2 Å². The summed E-state index contributed by atoms with van der Waals surface area (Å²) in [6, 6.07) is 3.34. The quantitative estimate of drug-likeness (QED) is 0.438.